The molecule has 0 saturated heterocycles. The minimum Gasteiger partial charge on any atom is -0.497 e. The SMILES string of the molecule is COc1ccc(CNC(=O)NC[C@@H](O)c2ccc(N(C)C)cc2)cc1. The van der Waals surface area contributed by atoms with Crippen molar-refractivity contribution >= 4 is 11.7 Å². The van der Waals surface area contributed by atoms with Crippen molar-refractivity contribution in [2.45, 2.75) is 12.6 Å². The summed E-state index contributed by atoms with van der Waals surface area (Å²) in [6.45, 7) is 0.555. The van der Waals surface area contributed by atoms with Crippen molar-refractivity contribution in [3.8, 4) is 5.75 Å². The molecule has 0 aliphatic rings. The predicted octanol–water partition coefficient (Wildman–Crippen LogP) is 2.29. The molecule has 2 rings (SSSR count). The fraction of sp³-hybridized carbons (Fsp3) is 0.316. The highest BCUT2D eigenvalue weighted by atomic mass is 16.5. The van der Waals surface area contributed by atoms with Gasteiger partial charge in [0.1, 0.15) is 5.75 Å². The Balaban J connectivity index is 1.76. The van der Waals surface area contributed by atoms with Crippen LogP contribution in [0.3, 0.4) is 0 Å². The van der Waals surface area contributed by atoms with Crippen LogP contribution in [0.5, 0.6) is 5.75 Å². The first-order valence-electron chi connectivity index (χ1n) is 8.09. The third-order valence-corrected chi connectivity index (χ3v) is 3.86. The number of methoxy groups -OCH3 is 1. The number of benzene rings is 2. The van der Waals surface area contributed by atoms with E-state index in [1.165, 1.54) is 0 Å². The summed E-state index contributed by atoms with van der Waals surface area (Å²) in [6, 6.07) is 14.7. The molecule has 134 valence electrons. The van der Waals surface area contributed by atoms with Gasteiger partial charge in [-0.2, -0.15) is 0 Å². The number of carbonyl (C=O) groups excluding carboxylic acids is 1. The number of nitrogens with zero attached hydrogens (tertiary/aromatic N) is 1. The molecular formula is C19H25N3O3. The lowest BCUT2D eigenvalue weighted by Gasteiger charge is -2.16. The average molecular weight is 343 g/mol. The van der Waals surface area contributed by atoms with Gasteiger partial charge in [0, 0.05) is 32.9 Å². The van der Waals surface area contributed by atoms with Gasteiger partial charge in [0.05, 0.1) is 13.2 Å². The zero-order chi connectivity index (χ0) is 18.2. The van der Waals surface area contributed by atoms with E-state index in [1.54, 1.807) is 7.11 Å². The minimum atomic E-state index is -0.747. The van der Waals surface area contributed by atoms with Crippen LogP contribution in [0, 0.1) is 0 Å². The number of nitrogens with one attached hydrogen (secondary N) is 2. The lowest BCUT2D eigenvalue weighted by molar-refractivity contribution is 0.173. The van der Waals surface area contributed by atoms with Crippen LogP contribution >= 0.6 is 0 Å². The van der Waals surface area contributed by atoms with Gasteiger partial charge in [0.25, 0.3) is 0 Å². The molecule has 3 N–H and O–H groups in total. The molecule has 2 aromatic carbocycles. The molecule has 2 aromatic rings. The topological polar surface area (TPSA) is 73.8 Å². The summed E-state index contributed by atoms with van der Waals surface area (Å²) in [5, 5.41) is 15.6. The van der Waals surface area contributed by atoms with Gasteiger partial charge in [-0.25, -0.2) is 4.79 Å². The van der Waals surface area contributed by atoms with Gasteiger partial charge < -0.3 is 25.4 Å². The number of amides is 2. The van der Waals surface area contributed by atoms with Crippen LogP contribution in [-0.4, -0.2) is 38.9 Å². The molecule has 0 heterocycles. The van der Waals surface area contributed by atoms with Crippen molar-refractivity contribution < 1.29 is 14.6 Å². The van der Waals surface area contributed by atoms with Crippen molar-refractivity contribution in [2.75, 3.05) is 32.6 Å². The zero-order valence-corrected chi connectivity index (χ0v) is 14.8. The number of urea groups is 1. The Morgan fingerprint density at radius 2 is 1.72 bits per heavy atom. The molecule has 0 radical (unpaired) electrons. The average Bonchev–Trinajstić information content (AvgIpc) is 2.64. The number of ether oxygens (including phenoxy) is 1. The van der Waals surface area contributed by atoms with Crippen LogP contribution in [0.15, 0.2) is 48.5 Å². The first kappa shape index (κ1) is 18.6. The quantitative estimate of drug-likeness (QED) is 0.721. The third-order valence-electron chi connectivity index (χ3n) is 3.86. The molecule has 0 aromatic heterocycles. The zero-order valence-electron chi connectivity index (χ0n) is 14.8. The van der Waals surface area contributed by atoms with Crippen LogP contribution in [0.25, 0.3) is 0 Å². The lowest BCUT2D eigenvalue weighted by Crippen LogP contribution is -2.37. The van der Waals surface area contributed by atoms with E-state index in [-0.39, 0.29) is 12.6 Å². The highest BCUT2D eigenvalue weighted by molar-refractivity contribution is 5.73. The Morgan fingerprint density at radius 1 is 1.08 bits per heavy atom. The number of hydrogen-bond donors (Lipinski definition) is 3. The Kier molecular flexibility index (Phi) is 6.65. The van der Waals surface area contributed by atoms with Gasteiger partial charge >= 0.3 is 6.03 Å². The summed E-state index contributed by atoms with van der Waals surface area (Å²) in [5.74, 6) is 0.775. The van der Waals surface area contributed by atoms with Gasteiger partial charge in [0.2, 0.25) is 0 Å². The van der Waals surface area contributed by atoms with E-state index in [1.807, 2.05) is 67.5 Å². The maximum atomic E-state index is 11.9. The third kappa shape index (κ3) is 5.69. The Bertz CT molecular complexity index is 669. The maximum absolute atomic E-state index is 11.9. The van der Waals surface area contributed by atoms with Gasteiger partial charge in [0.15, 0.2) is 0 Å². The van der Waals surface area contributed by atoms with Crippen LogP contribution < -0.4 is 20.3 Å². The Morgan fingerprint density at radius 3 is 2.28 bits per heavy atom. The summed E-state index contributed by atoms with van der Waals surface area (Å²) in [5.41, 5.74) is 2.79. The highest BCUT2D eigenvalue weighted by Crippen LogP contribution is 2.17. The van der Waals surface area contributed by atoms with Crippen molar-refractivity contribution in [3.63, 3.8) is 0 Å². The second-order valence-electron chi connectivity index (χ2n) is 5.91. The van der Waals surface area contributed by atoms with Crippen molar-refractivity contribution in [1.82, 2.24) is 10.6 Å². The maximum Gasteiger partial charge on any atom is 0.315 e. The minimum absolute atomic E-state index is 0.149. The standard InChI is InChI=1S/C19H25N3O3/c1-22(2)16-8-6-15(7-9-16)18(23)13-21-19(24)20-12-14-4-10-17(25-3)11-5-14/h4-11,18,23H,12-13H2,1-3H3,(H2,20,21,24)/t18-/m1/s1. The normalized spacial score (nSPS) is 11.5. The largest absolute Gasteiger partial charge is 0.497 e. The molecule has 0 saturated carbocycles. The smallest absolute Gasteiger partial charge is 0.315 e. The number of aliphatic hydroxyl groups excluding tert-OH is 1. The van der Waals surface area contributed by atoms with Gasteiger partial charge in [-0.1, -0.05) is 24.3 Å². The second-order valence-corrected chi connectivity index (χ2v) is 5.91. The van der Waals surface area contributed by atoms with Crippen LogP contribution in [-0.2, 0) is 6.54 Å². The van der Waals surface area contributed by atoms with Crippen molar-refractivity contribution in [1.29, 1.82) is 0 Å². The molecule has 0 aliphatic heterocycles. The van der Waals surface area contributed by atoms with Crippen molar-refractivity contribution in [2.24, 2.45) is 0 Å². The van der Waals surface area contributed by atoms with E-state index in [2.05, 4.69) is 10.6 Å². The molecule has 6 heteroatoms. The Hall–Kier alpha value is -2.73. The van der Waals surface area contributed by atoms with E-state index in [0.717, 1.165) is 22.6 Å². The predicted molar refractivity (Wildman–Crippen MR) is 99.0 cm³/mol. The first-order valence-corrected chi connectivity index (χ1v) is 8.09. The van der Waals surface area contributed by atoms with E-state index in [0.29, 0.717) is 6.54 Å². The molecule has 2 amide bonds. The number of rotatable bonds is 7. The number of hydrogen-bond acceptors (Lipinski definition) is 4. The van der Waals surface area contributed by atoms with Crippen molar-refractivity contribution in [3.05, 3.63) is 59.7 Å². The van der Waals surface area contributed by atoms with Gasteiger partial charge in [-0.05, 0) is 35.4 Å². The number of aliphatic hydroxyl groups is 1. The summed E-state index contributed by atoms with van der Waals surface area (Å²) < 4.78 is 5.09. The highest BCUT2D eigenvalue weighted by Gasteiger charge is 2.09. The number of anilines is 1. The molecule has 0 unspecified atom stereocenters. The molecule has 0 spiro atoms. The molecular weight excluding hydrogens is 318 g/mol. The molecule has 6 nitrogen and oxygen atoms in total. The Labute approximate surface area is 148 Å². The van der Waals surface area contributed by atoms with E-state index in [4.69, 9.17) is 4.74 Å². The van der Waals surface area contributed by atoms with E-state index >= 15 is 0 Å². The fourth-order valence-electron chi connectivity index (χ4n) is 2.29. The van der Waals surface area contributed by atoms with E-state index < -0.39 is 6.10 Å². The van der Waals surface area contributed by atoms with Gasteiger partial charge in [-0.3, -0.25) is 0 Å². The van der Waals surface area contributed by atoms with E-state index in [9.17, 15) is 9.90 Å². The molecule has 0 aliphatic carbocycles. The molecule has 0 bridgehead atoms. The van der Waals surface area contributed by atoms with Crippen LogP contribution in [0.2, 0.25) is 0 Å². The first-order chi connectivity index (χ1) is 12.0. The van der Waals surface area contributed by atoms with Crippen LogP contribution in [0.4, 0.5) is 10.5 Å². The van der Waals surface area contributed by atoms with Crippen LogP contribution in [0.1, 0.15) is 17.2 Å². The van der Waals surface area contributed by atoms with Gasteiger partial charge in [-0.15, -0.1) is 0 Å². The summed E-state index contributed by atoms with van der Waals surface area (Å²) >= 11 is 0. The fourth-order valence-corrected chi connectivity index (χ4v) is 2.29. The molecule has 1 atom stereocenters. The molecule has 0 fully saturated rings. The number of carbonyl (C=O) groups is 1. The monoisotopic (exact) mass is 343 g/mol. The summed E-state index contributed by atoms with van der Waals surface area (Å²) in [6.07, 6.45) is -0.747. The summed E-state index contributed by atoms with van der Waals surface area (Å²) in [4.78, 5) is 13.8. The lowest BCUT2D eigenvalue weighted by atomic mass is 10.1. The second kappa shape index (κ2) is 8.94. The molecule has 25 heavy (non-hydrogen) atoms. The summed E-state index contributed by atoms with van der Waals surface area (Å²) in [7, 11) is 5.53.